The van der Waals surface area contributed by atoms with Crippen LogP contribution in [0.15, 0.2) is 66.9 Å². The van der Waals surface area contributed by atoms with Crippen molar-refractivity contribution >= 4 is 23.5 Å². The Balaban J connectivity index is 1.35. The highest BCUT2D eigenvalue weighted by Crippen LogP contribution is 2.38. The number of anilines is 3. The Hall–Kier alpha value is -5.30. The summed E-state index contributed by atoms with van der Waals surface area (Å²) < 4.78 is 48.4. The molecule has 3 aromatic carbocycles. The summed E-state index contributed by atoms with van der Waals surface area (Å²) in [5.41, 5.74) is 1.02. The van der Waals surface area contributed by atoms with Crippen LogP contribution in [-0.2, 0) is 6.54 Å². The van der Waals surface area contributed by atoms with Gasteiger partial charge >= 0.3 is 6.09 Å². The van der Waals surface area contributed by atoms with Gasteiger partial charge in [-0.1, -0.05) is 12.5 Å². The van der Waals surface area contributed by atoms with E-state index in [0.717, 1.165) is 26.1 Å². The lowest BCUT2D eigenvalue weighted by Gasteiger charge is -2.26. The van der Waals surface area contributed by atoms with Crippen LogP contribution in [0.3, 0.4) is 0 Å². The number of carbonyl (C=O) groups excluding carboxylic acids is 1. The summed E-state index contributed by atoms with van der Waals surface area (Å²) in [5.74, 6) is 1.75. The van der Waals surface area contributed by atoms with Crippen LogP contribution in [0.4, 0.5) is 26.6 Å². The summed E-state index contributed by atoms with van der Waals surface area (Å²) in [6.45, 7) is 3.57. The van der Waals surface area contributed by atoms with Gasteiger partial charge in [-0.2, -0.15) is 4.98 Å². The molecule has 1 saturated heterocycles. The fraction of sp³-hybridized carbons (Fsp3) is 0.361. The lowest BCUT2D eigenvalue weighted by atomic mass is 10.1. The Morgan fingerprint density at radius 2 is 1.61 bits per heavy atom. The number of halogens is 1. The fourth-order valence-corrected chi connectivity index (χ4v) is 5.51. The molecule has 1 amide bonds. The van der Waals surface area contributed by atoms with Gasteiger partial charge in [-0.15, -0.1) is 0 Å². The number of ether oxygens (including phenoxy) is 6. The molecule has 1 N–H and O–H groups in total. The average molecular weight is 676 g/mol. The Morgan fingerprint density at radius 1 is 0.878 bits per heavy atom. The van der Waals surface area contributed by atoms with Gasteiger partial charge in [0.05, 0.1) is 41.6 Å². The molecule has 13 heteroatoms. The first kappa shape index (κ1) is 35.0. The number of piperidine rings is 1. The van der Waals surface area contributed by atoms with Crippen LogP contribution >= 0.6 is 0 Å². The predicted molar refractivity (Wildman–Crippen MR) is 183 cm³/mol. The standard InChI is InChI=1S/C36H42FN5O7/c1-44-27-13-15-29(45-2)25(22-27)24-42(36(43)49-34-31(46-3)10-8-11-32(34)47-4)33-16-17-38-35(40-33)39-26-12-14-30(28(37)23-26)48-21-9-20-41-18-6-5-7-19-41/h8,10-17,22-23H,5-7,9,18-21,24H2,1-4H3,(H,38,39,40). The minimum absolute atomic E-state index is 0.0223. The fourth-order valence-electron chi connectivity index (χ4n) is 5.51. The van der Waals surface area contributed by atoms with Crippen molar-refractivity contribution in [2.45, 2.75) is 32.2 Å². The number of methoxy groups -OCH3 is 4. The summed E-state index contributed by atoms with van der Waals surface area (Å²) in [4.78, 5) is 26.5. The van der Waals surface area contributed by atoms with Crippen LogP contribution < -0.4 is 38.6 Å². The van der Waals surface area contributed by atoms with Gasteiger partial charge in [-0.25, -0.2) is 14.2 Å². The summed E-state index contributed by atoms with van der Waals surface area (Å²) in [5, 5.41) is 3.02. The smallest absolute Gasteiger partial charge is 0.421 e. The molecule has 1 aliphatic heterocycles. The number of aromatic nitrogens is 2. The summed E-state index contributed by atoms with van der Waals surface area (Å²) in [7, 11) is 6.01. The maximum Gasteiger partial charge on any atom is 0.421 e. The van der Waals surface area contributed by atoms with Crippen LogP contribution in [0.5, 0.6) is 34.5 Å². The molecular weight excluding hydrogens is 633 g/mol. The molecule has 1 aromatic heterocycles. The number of hydrogen-bond acceptors (Lipinski definition) is 11. The van der Waals surface area contributed by atoms with Gasteiger partial charge < -0.3 is 38.6 Å². The van der Waals surface area contributed by atoms with E-state index in [-0.39, 0.29) is 29.8 Å². The van der Waals surface area contributed by atoms with Gasteiger partial charge in [0.2, 0.25) is 11.7 Å². The molecule has 0 saturated carbocycles. The highest BCUT2D eigenvalue weighted by molar-refractivity contribution is 5.89. The number of likely N-dealkylation sites (tertiary alicyclic amines) is 1. The zero-order valence-electron chi connectivity index (χ0n) is 28.2. The summed E-state index contributed by atoms with van der Waals surface area (Å²) in [6.07, 6.45) is 5.27. The summed E-state index contributed by atoms with van der Waals surface area (Å²) >= 11 is 0. The zero-order chi connectivity index (χ0) is 34.6. The second-order valence-electron chi connectivity index (χ2n) is 11.2. The topological polar surface area (TPSA) is 117 Å². The minimum atomic E-state index is -0.787. The highest BCUT2D eigenvalue weighted by Gasteiger charge is 2.26. The van der Waals surface area contributed by atoms with Crippen LogP contribution in [-0.4, -0.2) is 75.6 Å². The Kier molecular flexibility index (Phi) is 12.3. The molecule has 49 heavy (non-hydrogen) atoms. The molecule has 0 bridgehead atoms. The lowest BCUT2D eigenvalue weighted by Crippen LogP contribution is -2.34. The van der Waals surface area contributed by atoms with E-state index < -0.39 is 11.9 Å². The van der Waals surface area contributed by atoms with Crippen LogP contribution in [0.1, 0.15) is 31.2 Å². The van der Waals surface area contributed by atoms with E-state index in [2.05, 4.69) is 20.2 Å². The maximum absolute atomic E-state index is 15.0. The Labute approximate surface area is 285 Å². The molecule has 0 unspecified atom stereocenters. The molecule has 5 rings (SSSR count). The van der Waals surface area contributed by atoms with Crippen molar-refractivity contribution in [2.75, 3.05) is 64.9 Å². The number of amides is 1. The van der Waals surface area contributed by atoms with E-state index in [0.29, 0.717) is 40.9 Å². The van der Waals surface area contributed by atoms with Crippen molar-refractivity contribution in [3.05, 3.63) is 78.2 Å². The van der Waals surface area contributed by atoms with Crippen molar-refractivity contribution < 1.29 is 37.6 Å². The van der Waals surface area contributed by atoms with Gasteiger partial charge in [0.1, 0.15) is 17.3 Å². The van der Waals surface area contributed by atoms with Gasteiger partial charge in [0.25, 0.3) is 0 Å². The largest absolute Gasteiger partial charge is 0.497 e. The number of benzene rings is 3. The van der Waals surface area contributed by atoms with Gasteiger partial charge in [-0.05, 0) is 80.9 Å². The second-order valence-corrected chi connectivity index (χ2v) is 11.2. The molecule has 1 aliphatic rings. The molecular formula is C36H42FN5O7. The first-order chi connectivity index (χ1) is 23.9. The van der Waals surface area contributed by atoms with Crippen molar-refractivity contribution in [1.82, 2.24) is 14.9 Å². The van der Waals surface area contributed by atoms with Gasteiger partial charge in [0, 0.05) is 30.1 Å². The van der Waals surface area contributed by atoms with Crippen molar-refractivity contribution in [3.8, 4) is 34.5 Å². The molecule has 12 nitrogen and oxygen atoms in total. The molecule has 0 aliphatic carbocycles. The van der Waals surface area contributed by atoms with E-state index in [1.807, 2.05) is 0 Å². The number of nitrogens with zero attached hydrogens (tertiary/aromatic N) is 4. The molecule has 2 heterocycles. The third-order valence-corrected chi connectivity index (χ3v) is 8.04. The SMILES string of the molecule is COc1ccc(OC)c(CN(C(=O)Oc2c(OC)cccc2OC)c2ccnc(Nc3ccc(OCCCN4CCCCC4)c(F)c3)n2)c1. The van der Waals surface area contributed by atoms with E-state index in [4.69, 9.17) is 28.4 Å². The number of rotatable bonds is 15. The second kappa shape index (κ2) is 17.2. The van der Waals surface area contributed by atoms with Gasteiger partial charge in [0.15, 0.2) is 23.1 Å². The number of hydrogen-bond donors (Lipinski definition) is 1. The van der Waals surface area contributed by atoms with Crippen LogP contribution in [0.25, 0.3) is 0 Å². The number of carbonyl (C=O) groups is 1. The van der Waals surface area contributed by atoms with E-state index in [9.17, 15) is 4.79 Å². The lowest BCUT2D eigenvalue weighted by molar-refractivity contribution is 0.202. The van der Waals surface area contributed by atoms with E-state index in [1.54, 1.807) is 61.7 Å². The van der Waals surface area contributed by atoms with E-state index >= 15 is 4.39 Å². The molecule has 0 atom stereocenters. The maximum atomic E-state index is 15.0. The summed E-state index contributed by atoms with van der Waals surface area (Å²) in [6, 6.07) is 16.4. The predicted octanol–water partition coefficient (Wildman–Crippen LogP) is 6.85. The highest BCUT2D eigenvalue weighted by atomic mass is 19.1. The first-order valence-electron chi connectivity index (χ1n) is 16.1. The third-order valence-electron chi connectivity index (χ3n) is 8.04. The first-order valence-corrected chi connectivity index (χ1v) is 16.1. The van der Waals surface area contributed by atoms with Crippen molar-refractivity contribution in [2.24, 2.45) is 0 Å². The molecule has 0 spiro atoms. The molecule has 4 aromatic rings. The molecule has 0 radical (unpaired) electrons. The minimum Gasteiger partial charge on any atom is -0.497 e. The monoisotopic (exact) mass is 675 g/mol. The molecule has 1 fully saturated rings. The van der Waals surface area contributed by atoms with Crippen LogP contribution in [0, 0.1) is 5.82 Å². The Bertz CT molecular complexity index is 1680. The normalized spacial score (nSPS) is 12.9. The quantitative estimate of drug-likeness (QED) is 0.133. The molecule has 260 valence electrons. The van der Waals surface area contributed by atoms with Gasteiger partial charge in [-0.3, -0.25) is 4.90 Å². The zero-order valence-corrected chi connectivity index (χ0v) is 28.2. The Morgan fingerprint density at radius 3 is 2.31 bits per heavy atom. The number of para-hydroxylation sites is 1. The average Bonchev–Trinajstić information content (AvgIpc) is 3.13. The van der Waals surface area contributed by atoms with Crippen molar-refractivity contribution in [1.29, 1.82) is 0 Å². The van der Waals surface area contributed by atoms with Crippen molar-refractivity contribution in [3.63, 3.8) is 0 Å². The number of nitrogens with one attached hydrogen (secondary N) is 1. The third kappa shape index (κ3) is 9.20. The van der Waals surface area contributed by atoms with E-state index in [1.165, 1.54) is 57.8 Å². The van der Waals surface area contributed by atoms with Crippen LogP contribution in [0.2, 0.25) is 0 Å².